The smallest absolute Gasteiger partial charge is 0.335 e. The number of hydrogen-bond acceptors (Lipinski definition) is 3. The summed E-state index contributed by atoms with van der Waals surface area (Å²) < 4.78 is 0. The van der Waals surface area contributed by atoms with E-state index in [4.69, 9.17) is 0 Å². The lowest BCUT2D eigenvalue weighted by Gasteiger charge is -2.14. The molecule has 0 spiro atoms. The molecule has 0 aromatic heterocycles. The summed E-state index contributed by atoms with van der Waals surface area (Å²) >= 11 is 0. The second kappa shape index (κ2) is 12.4. The number of halogens is 1. The van der Waals surface area contributed by atoms with Crippen molar-refractivity contribution < 1.29 is 15.0 Å². The summed E-state index contributed by atoms with van der Waals surface area (Å²) in [4.78, 5) is 11.4. The van der Waals surface area contributed by atoms with E-state index in [1.165, 1.54) is 5.56 Å². The number of hydrogen-bond donors (Lipinski definition) is 3. The van der Waals surface area contributed by atoms with E-state index in [2.05, 4.69) is 43.4 Å². The van der Waals surface area contributed by atoms with Crippen LogP contribution in [-0.2, 0) is 12.8 Å². The number of aliphatic hydroxyl groups excluding tert-OH is 1. The molecular weight excluding hydrogens is 422 g/mol. The zero-order valence-corrected chi connectivity index (χ0v) is 19.4. The molecule has 1 atom stereocenters. The van der Waals surface area contributed by atoms with Gasteiger partial charge in [-0.25, -0.2) is 4.79 Å². The summed E-state index contributed by atoms with van der Waals surface area (Å²) in [6, 6.07) is 23.5. The van der Waals surface area contributed by atoms with Crippen LogP contribution in [-0.4, -0.2) is 29.3 Å². The normalized spacial score (nSPS) is 11.8. The van der Waals surface area contributed by atoms with Gasteiger partial charge in [0.2, 0.25) is 0 Å². The van der Waals surface area contributed by atoms with Crippen LogP contribution in [0.2, 0.25) is 0 Å². The summed E-state index contributed by atoms with van der Waals surface area (Å²) in [5.74, 6) is -0.448. The highest BCUT2D eigenvalue weighted by atomic mass is 35.5. The highest BCUT2D eigenvalue weighted by Gasteiger charge is 2.12. The van der Waals surface area contributed by atoms with Crippen LogP contribution in [0.3, 0.4) is 0 Å². The van der Waals surface area contributed by atoms with Gasteiger partial charge in [0.25, 0.3) is 0 Å². The molecule has 0 saturated carbocycles. The van der Waals surface area contributed by atoms with Crippen LogP contribution in [0.25, 0.3) is 11.1 Å². The number of rotatable bonds is 10. The molecule has 0 aliphatic heterocycles. The van der Waals surface area contributed by atoms with E-state index in [0.29, 0.717) is 18.0 Å². The standard InChI is InChI=1S/C27H31NO3.ClH/c1-19(2)16-24-17-23(27(30)31)12-13-25(24)21-10-8-20(9-11-21)14-15-28-18-26(29)22-6-4-3-5-7-22;/h3-13,17,19,26,28-29H,14-16,18H2,1-2H3,(H,30,31);1H/t26-;/m1./s1. The predicted molar refractivity (Wildman–Crippen MR) is 133 cm³/mol. The Morgan fingerprint density at radius 2 is 1.66 bits per heavy atom. The van der Waals surface area contributed by atoms with Crippen molar-refractivity contribution in [3.05, 3.63) is 95.1 Å². The number of aliphatic hydroxyl groups is 1. The Labute approximate surface area is 196 Å². The van der Waals surface area contributed by atoms with E-state index in [9.17, 15) is 15.0 Å². The second-order valence-corrected chi connectivity index (χ2v) is 8.35. The van der Waals surface area contributed by atoms with Gasteiger partial charge in [-0.2, -0.15) is 0 Å². The van der Waals surface area contributed by atoms with Gasteiger partial charge in [-0.15, -0.1) is 12.4 Å². The van der Waals surface area contributed by atoms with Gasteiger partial charge in [0, 0.05) is 6.54 Å². The maximum absolute atomic E-state index is 11.4. The van der Waals surface area contributed by atoms with Gasteiger partial charge >= 0.3 is 5.97 Å². The van der Waals surface area contributed by atoms with E-state index < -0.39 is 12.1 Å². The molecule has 0 amide bonds. The van der Waals surface area contributed by atoms with Crippen molar-refractivity contribution in [3.63, 3.8) is 0 Å². The molecule has 0 unspecified atom stereocenters. The number of nitrogens with one attached hydrogen (secondary N) is 1. The van der Waals surface area contributed by atoms with Crippen molar-refractivity contribution >= 4 is 18.4 Å². The molecule has 3 aromatic carbocycles. The quantitative estimate of drug-likeness (QED) is 0.352. The molecule has 0 aliphatic rings. The topological polar surface area (TPSA) is 69.6 Å². The van der Waals surface area contributed by atoms with Crippen molar-refractivity contribution in [2.24, 2.45) is 5.92 Å². The SMILES string of the molecule is CC(C)Cc1cc(C(=O)O)ccc1-c1ccc(CCNC[C@@H](O)c2ccccc2)cc1.Cl. The van der Waals surface area contributed by atoms with Gasteiger partial charge in [-0.3, -0.25) is 0 Å². The van der Waals surface area contributed by atoms with Crippen LogP contribution in [0, 0.1) is 5.92 Å². The molecular formula is C27H32ClNO3. The first-order valence-corrected chi connectivity index (χ1v) is 10.8. The first kappa shape index (κ1) is 25.6. The zero-order chi connectivity index (χ0) is 22.2. The summed E-state index contributed by atoms with van der Waals surface area (Å²) in [6.45, 7) is 5.59. The van der Waals surface area contributed by atoms with Gasteiger partial charge in [-0.1, -0.05) is 74.5 Å². The molecule has 3 rings (SSSR count). The van der Waals surface area contributed by atoms with Gasteiger partial charge in [0.1, 0.15) is 0 Å². The maximum atomic E-state index is 11.4. The van der Waals surface area contributed by atoms with Crippen LogP contribution < -0.4 is 5.32 Å². The largest absolute Gasteiger partial charge is 0.478 e. The number of aromatic carboxylic acids is 1. The minimum Gasteiger partial charge on any atom is -0.478 e. The van der Waals surface area contributed by atoms with E-state index >= 15 is 0 Å². The summed E-state index contributed by atoms with van der Waals surface area (Å²) in [6.07, 6.45) is 1.21. The lowest BCUT2D eigenvalue weighted by molar-refractivity contribution is 0.0696. The van der Waals surface area contributed by atoms with Gasteiger partial charge < -0.3 is 15.5 Å². The molecule has 0 heterocycles. The molecule has 170 valence electrons. The molecule has 3 aromatic rings. The zero-order valence-electron chi connectivity index (χ0n) is 18.6. The second-order valence-electron chi connectivity index (χ2n) is 8.35. The van der Waals surface area contributed by atoms with Crippen molar-refractivity contribution in [3.8, 4) is 11.1 Å². The molecule has 0 bridgehead atoms. The monoisotopic (exact) mass is 453 g/mol. The van der Waals surface area contributed by atoms with Crippen molar-refractivity contribution in [2.45, 2.75) is 32.8 Å². The lowest BCUT2D eigenvalue weighted by atomic mass is 9.91. The maximum Gasteiger partial charge on any atom is 0.335 e. The highest BCUT2D eigenvalue weighted by molar-refractivity contribution is 5.89. The number of benzene rings is 3. The minimum absolute atomic E-state index is 0. The van der Waals surface area contributed by atoms with E-state index in [0.717, 1.165) is 41.6 Å². The van der Waals surface area contributed by atoms with Crippen LogP contribution in [0.15, 0.2) is 72.8 Å². The van der Waals surface area contributed by atoms with Crippen LogP contribution in [0.5, 0.6) is 0 Å². The molecule has 0 aliphatic carbocycles. The number of carboxylic acid groups (broad SMARTS) is 1. The van der Waals surface area contributed by atoms with Gasteiger partial charge in [-0.05, 0) is 65.3 Å². The van der Waals surface area contributed by atoms with E-state index in [1.807, 2.05) is 36.4 Å². The first-order valence-electron chi connectivity index (χ1n) is 10.8. The van der Waals surface area contributed by atoms with Crippen molar-refractivity contribution in [2.75, 3.05) is 13.1 Å². The van der Waals surface area contributed by atoms with E-state index in [1.54, 1.807) is 12.1 Å². The molecule has 5 heteroatoms. The predicted octanol–water partition coefficient (Wildman–Crippen LogP) is 5.54. The van der Waals surface area contributed by atoms with Crippen LogP contribution in [0.4, 0.5) is 0 Å². The Hall–Kier alpha value is -2.66. The van der Waals surface area contributed by atoms with Gasteiger partial charge in [0.05, 0.1) is 11.7 Å². The molecule has 0 saturated heterocycles. The highest BCUT2D eigenvalue weighted by Crippen LogP contribution is 2.27. The Balaban J connectivity index is 0.00000363. The fourth-order valence-corrected chi connectivity index (χ4v) is 3.73. The third-order valence-corrected chi connectivity index (χ3v) is 5.36. The fourth-order valence-electron chi connectivity index (χ4n) is 3.73. The molecule has 0 fully saturated rings. The Morgan fingerprint density at radius 1 is 0.969 bits per heavy atom. The molecule has 32 heavy (non-hydrogen) atoms. The van der Waals surface area contributed by atoms with Crippen LogP contribution >= 0.6 is 12.4 Å². The van der Waals surface area contributed by atoms with Crippen molar-refractivity contribution in [1.82, 2.24) is 5.32 Å². The summed E-state index contributed by atoms with van der Waals surface area (Å²) in [7, 11) is 0. The van der Waals surface area contributed by atoms with Crippen LogP contribution in [0.1, 0.15) is 47.0 Å². The summed E-state index contributed by atoms with van der Waals surface area (Å²) in [5.41, 5.74) is 5.74. The summed E-state index contributed by atoms with van der Waals surface area (Å²) in [5, 5.41) is 22.9. The van der Waals surface area contributed by atoms with Gasteiger partial charge in [0.15, 0.2) is 0 Å². The molecule has 3 N–H and O–H groups in total. The third-order valence-electron chi connectivity index (χ3n) is 5.36. The number of carbonyl (C=O) groups is 1. The minimum atomic E-state index is -0.892. The fraction of sp³-hybridized carbons (Fsp3) is 0.296. The third kappa shape index (κ3) is 7.20. The first-order chi connectivity index (χ1) is 14.9. The average Bonchev–Trinajstić information content (AvgIpc) is 2.77. The average molecular weight is 454 g/mol. The molecule has 4 nitrogen and oxygen atoms in total. The Morgan fingerprint density at radius 3 is 2.28 bits per heavy atom. The van der Waals surface area contributed by atoms with Crippen molar-refractivity contribution in [1.29, 1.82) is 0 Å². The van der Waals surface area contributed by atoms with E-state index in [-0.39, 0.29) is 12.4 Å². The lowest BCUT2D eigenvalue weighted by Crippen LogP contribution is -2.23. The number of carboxylic acids is 1. The Bertz CT molecular complexity index is 988. The Kier molecular flexibility index (Phi) is 9.92. The molecule has 0 radical (unpaired) electrons.